The van der Waals surface area contributed by atoms with Gasteiger partial charge in [-0.3, -0.25) is 4.79 Å². The maximum atomic E-state index is 11.2. The van der Waals surface area contributed by atoms with Crippen LogP contribution in [0.2, 0.25) is 0 Å². The van der Waals surface area contributed by atoms with E-state index in [-0.39, 0.29) is 11.5 Å². The lowest BCUT2D eigenvalue weighted by Crippen LogP contribution is -2.24. The number of amides is 1. The molecule has 0 saturated heterocycles. The molecule has 0 fully saturated rings. The molecule has 30 heavy (non-hydrogen) atoms. The lowest BCUT2D eigenvalue weighted by Gasteiger charge is -2.26. The van der Waals surface area contributed by atoms with Crippen molar-refractivity contribution in [3.05, 3.63) is 36.2 Å². The lowest BCUT2D eigenvalue weighted by molar-refractivity contribution is -0.110. The number of nitrogens with one attached hydrogen (secondary N) is 2. The maximum Gasteiger partial charge on any atom is 0.251 e. The van der Waals surface area contributed by atoms with E-state index < -0.39 is 0 Å². The van der Waals surface area contributed by atoms with E-state index in [1.807, 2.05) is 35.9 Å². The molecular weight excluding hydrogens is 380 g/mol. The van der Waals surface area contributed by atoms with Gasteiger partial charge < -0.3 is 19.6 Å². The highest BCUT2D eigenvalue weighted by atomic mass is 16.4. The smallest absolute Gasteiger partial charge is 0.251 e. The molecule has 0 aliphatic carbocycles. The minimum atomic E-state index is -0.0929. The van der Waals surface area contributed by atoms with Crippen LogP contribution in [0.1, 0.15) is 38.8 Å². The van der Waals surface area contributed by atoms with E-state index >= 15 is 0 Å². The summed E-state index contributed by atoms with van der Waals surface area (Å²) in [5, 5.41) is 6.01. The molecule has 3 aromatic heterocycles. The number of fused-ring (bicyclic) bond motifs is 3. The summed E-state index contributed by atoms with van der Waals surface area (Å²) in [6.45, 7) is 6.46. The van der Waals surface area contributed by atoms with E-state index in [2.05, 4.69) is 41.4 Å². The van der Waals surface area contributed by atoms with Gasteiger partial charge in [-0.05, 0) is 29.5 Å². The fourth-order valence-corrected chi connectivity index (χ4v) is 3.73. The number of benzene rings is 1. The zero-order valence-electron chi connectivity index (χ0n) is 17.9. The zero-order chi connectivity index (χ0) is 21.5. The lowest BCUT2D eigenvalue weighted by atomic mass is 9.85. The van der Waals surface area contributed by atoms with Crippen LogP contribution in [-0.4, -0.2) is 33.0 Å². The molecule has 0 bridgehead atoms. The van der Waals surface area contributed by atoms with Crippen LogP contribution in [0.4, 0.5) is 5.82 Å². The summed E-state index contributed by atoms with van der Waals surface area (Å²) in [5.74, 6) is 1.13. The second kappa shape index (κ2) is 7.44. The molecule has 0 saturated carbocycles. The van der Waals surface area contributed by atoms with Crippen molar-refractivity contribution in [2.24, 2.45) is 12.5 Å². The molecular formula is C22H26N6O2. The van der Waals surface area contributed by atoms with Crippen molar-refractivity contribution in [3.8, 4) is 11.5 Å². The molecule has 1 aromatic carbocycles. The Hall–Kier alpha value is -3.42. The van der Waals surface area contributed by atoms with E-state index in [0.717, 1.165) is 35.0 Å². The summed E-state index contributed by atoms with van der Waals surface area (Å²) in [6.07, 6.45) is 3.31. The Morgan fingerprint density at radius 1 is 1.23 bits per heavy atom. The van der Waals surface area contributed by atoms with Crippen LogP contribution in [0.25, 0.3) is 33.7 Å². The van der Waals surface area contributed by atoms with Crippen LogP contribution in [-0.2, 0) is 11.8 Å². The predicted molar refractivity (Wildman–Crippen MR) is 117 cm³/mol. The number of rotatable bonds is 6. The first-order valence-corrected chi connectivity index (χ1v) is 9.90. The van der Waals surface area contributed by atoms with Gasteiger partial charge in [0.25, 0.3) is 5.71 Å². The highest BCUT2D eigenvalue weighted by Crippen LogP contribution is 2.34. The molecule has 2 N–H and O–H groups in total. The van der Waals surface area contributed by atoms with Crippen molar-refractivity contribution in [1.82, 2.24) is 24.8 Å². The Morgan fingerprint density at radius 2 is 2.03 bits per heavy atom. The zero-order valence-corrected chi connectivity index (χ0v) is 17.9. The summed E-state index contributed by atoms with van der Waals surface area (Å²) in [4.78, 5) is 24.9. The van der Waals surface area contributed by atoms with Crippen LogP contribution in [0.3, 0.4) is 0 Å². The number of oxazole rings is 1. The number of hydrogen-bond acceptors (Lipinski definition) is 6. The molecule has 4 rings (SSSR count). The van der Waals surface area contributed by atoms with Gasteiger partial charge in [-0.25, -0.2) is 9.97 Å². The van der Waals surface area contributed by atoms with Crippen LogP contribution in [0.15, 0.2) is 35.0 Å². The summed E-state index contributed by atoms with van der Waals surface area (Å²) in [6, 6.07) is 7.83. The van der Waals surface area contributed by atoms with E-state index in [0.29, 0.717) is 22.9 Å². The standard InChI is InChI=1S/C22H26N6O2/c1-22(2,3)10-15(25-12-29)13-7-6-8-14(9-13)20-26-17-18-16(24-11-28(18)5)19(23-4)27-21(17)30-20/h6-9,11-12,15H,10H2,1-5H3,(H,23,27)(H,25,29). The maximum absolute atomic E-state index is 11.2. The van der Waals surface area contributed by atoms with Crippen molar-refractivity contribution >= 4 is 34.5 Å². The number of aromatic nitrogens is 4. The Morgan fingerprint density at radius 3 is 2.73 bits per heavy atom. The normalized spacial score (nSPS) is 13.0. The van der Waals surface area contributed by atoms with Crippen molar-refractivity contribution in [2.75, 3.05) is 12.4 Å². The highest BCUT2D eigenvalue weighted by molar-refractivity contribution is 6.03. The van der Waals surface area contributed by atoms with Gasteiger partial charge >= 0.3 is 0 Å². The average molecular weight is 406 g/mol. The molecule has 4 aromatic rings. The molecule has 3 heterocycles. The van der Waals surface area contributed by atoms with Gasteiger partial charge in [0.2, 0.25) is 12.3 Å². The number of imidazole rings is 1. The quantitative estimate of drug-likeness (QED) is 0.469. The van der Waals surface area contributed by atoms with Crippen molar-refractivity contribution in [1.29, 1.82) is 0 Å². The van der Waals surface area contributed by atoms with Gasteiger partial charge in [0, 0.05) is 19.7 Å². The summed E-state index contributed by atoms with van der Waals surface area (Å²) < 4.78 is 7.94. The Bertz CT molecular complexity index is 1220. The first kappa shape index (κ1) is 19.9. The van der Waals surface area contributed by atoms with Gasteiger partial charge in [0.15, 0.2) is 11.3 Å². The average Bonchev–Trinajstić information content (AvgIpc) is 3.29. The summed E-state index contributed by atoms with van der Waals surface area (Å²) in [5.41, 5.74) is 4.64. The molecule has 1 unspecified atom stereocenters. The molecule has 0 radical (unpaired) electrons. The number of anilines is 1. The second-order valence-corrected chi connectivity index (χ2v) is 8.66. The Kier molecular flexibility index (Phi) is 4.93. The monoisotopic (exact) mass is 406 g/mol. The SMILES string of the molecule is CNc1nc2oc(-c3cccc(C(CC(C)(C)C)NC=O)c3)nc2c2c1ncn2C. The highest BCUT2D eigenvalue weighted by Gasteiger charge is 2.22. The van der Waals surface area contributed by atoms with E-state index in [1.54, 1.807) is 13.4 Å². The van der Waals surface area contributed by atoms with Gasteiger partial charge in [0.05, 0.1) is 12.4 Å². The van der Waals surface area contributed by atoms with E-state index in [9.17, 15) is 4.79 Å². The molecule has 0 aliphatic rings. The molecule has 1 amide bonds. The van der Waals surface area contributed by atoms with E-state index in [4.69, 9.17) is 9.40 Å². The minimum Gasteiger partial charge on any atom is -0.418 e. The second-order valence-electron chi connectivity index (χ2n) is 8.66. The van der Waals surface area contributed by atoms with Gasteiger partial charge in [-0.1, -0.05) is 32.9 Å². The van der Waals surface area contributed by atoms with Crippen molar-refractivity contribution in [2.45, 2.75) is 33.2 Å². The third-order valence-corrected chi connectivity index (χ3v) is 5.07. The largest absolute Gasteiger partial charge is 0.418 e. The van der Waals surface area contributed by atoms with Crippen LogP contribution >= 0.6 is 0 Å². The third kappa shape index (κ3) is 3.60. The Balaban J connectivity index is 1.81. The fourth-order valence-electron chi connectivity index (χ4n) is 3.73. The van der Waals surface area contributed by atoms with Crippen molar-refractivity contribution in [3.63, 3.8) is 0 Å². The van der Waals surface area contributed by atoms with Crippen molar-refractivity contribution < 1.29 is 9.21 Å². The molecule has 0 spiro atoms. The molecule has 156 valence electrons. The summed E-state index contributed by atoms with van der Waals surface area (Å²) >= 11 is 0. The third-order valence-electron chi connectivity index (χ3n) is 5.07. The fraction of sp³-hybridized carbons (Fsp3) is 0.364. The van der Waals surface area contributed by atoms with Crippen LogP contribution in [0.5, 0.6) is 0 Å². The summed E-state index contributed by atoms with van der Waals surface area (Å²) in [7, 11) is 3.73. The first-order valence-electron chi connectivity index (χ1n) is 9.90. The van der Waals surface area contributed by atoms with Gasteiger partial charge in [-0.2, -0.15) is 4.98 Å². The molecule has 8 heteroatoms. The van der Waals surface area contributed by atoms with Crippen LogP contribution in [0, 0.1) is 5.41 Å². The topological polar surface area (TPSA) is 97.9 Å². The predicted octanol–water partition coefficient (Wildman–Crippen LogP) is 4.04. The number of carbonyl (C=O) groups is 1. The van der Waals surface area contributed by atoms with Gasteiger partial charge in [0.1, 0.15) is 11.0 Å². The number of aryl methyl sites for hydroxylation is 1. The minimum absolute atomic E-state index is 0.0624. The van der Waals surface area contributed by atoms with Gasteiger partial charge in [-0.15, -0.1) is 0 Å². The number of pyridine rings is 1. The van der Waals surface area contributed by atoms with E-state index in [1.165, 1.54) is 0 Å². The number of nitrogens with zero attached hydrogens (tertiary/aromatic N) is 4. The first-order chi connectivity index (χ1) is 14.3. The molecule has 8 nitrogen and oxygen atoms in total. The number of hydrogen-bond donors (Lipinski definition) is 2. The number of carbonyl (C=O) groups excluding carboxylic acids is 1. The van der Waals surface area contributed by atoms with Crippen LogP contribution < -0.4 is 10.6 Å². The Labute approximate surface area is 174 Å². The molecule has 0 aliphatic heterocycles. The molecule has 1 atom stereocenters.